The van der Waals surface area contributed by atoms with Crippen LogP contribution < -0.4 is 11.5 Å². The lowest BCUT2D eigenvalue weighted by Crippen LogP contribution is -2.56. The summed E-state index contributed by atoms with van der Waals surface area (Å²) in [5, 5.41) is 9.89. The first-order chi connectivity index (χ1) is 5.99. The first kappa shape index (κ1) is 12.4. The molecule has 4 nitrogen and oxygen atoms in total. The lowest BCUT2D eigenvalue weighted by molar-refractivity contribution is -0.139. The average Bonchev–Trinajstić information content (AvgIpc) is 2.04. The van der Waals surface area contributed by atoms with Crippen molar-refractivity contribution < 1.29 is 9.90 Å². The summed E-state index contributed by atoms with van der Waals surface area (Å²) in [5.41, 5.74) is 9.30. The predicted octanol–water partition coefficient (Wildman–Crippen LogP) is 0.130. The molecule has 0 spiro atoms. The number of carbonyl (C=O) groups excluding carboxylic acids is 1. The van der Waals surface area contributed by atoms with Gasteiger partial charge in [0.05, 0.1) is 0 Å². The standard InChI is InChI=1S/C9H20N2O2/c1-3-5-7(10)9(13,6-4-2)8(11)12/h7,13H,3-6,10H2,1-2H3,(H2,11,12). The van der Waals surface area contributed by atoms with Gasteiger partial charge in [-0.3, -0.25) is 4.79 Å². The summed E-state index contributed by atoms with van der Waals surface area (Å²) in [6.07, 6.45) is 2.47. The first-order valence-electron chi connectivity index (χ1n) is 4.76. The summed E-state index contributed by atoms with van der Waals surface area (Å²) >= 11 is 0. The number of hydrogen-bond acceptors (Lipinski definition) is 3. The molecule has 4 heteroatoms. The molecule has 0 saturated heterocycles. The van der Waals surface area contributed by atoms with Gasteiger partial charge in [0, 0.05) is 6.04 Å². The Morgan fingerprint density at radius 1 is 1.46 bits per heavy atom. The monoisotopic (exact) mass is 188 g/mol. The van der Waals surface area contributed by atoms with E-state index in [0.717, 1.165) is 6.42 Å². The molecule has 5 N–H and O–H groups in total. The molecule has 0 saturated carbocycles. The zero-order chi connectivity index (χ0) is 10.5. The van der Waals surface area contributed by atoms with Crippen molar-refractivity contribution in [3.63, 3.8) is 0 Å². The molecular weight excluding hydrogens is 168 g/mol. The molecule has 2 atom stereocenters. The smallest absolute Gasteiger partial charge is 0.251 e. The van der Waals surface area contributed by atoms with E-state index in [4.69, 9.17) is 11.5 Å². The van der Waals surface area contributed by atoms with Crippen LogP contribution in [-0.2, 0) is 4.79 Å². The number of rotatable bonds is 6. The van der Waals surface area contributed by atoms with Crippen LogP contribution in [0.1, 0.15) is 39.5 Å². The SMILES string of the molecule is CCCC(N)C(O)(CCC)C(N)=O. The minimum absolute atomic E-state index is 0.337. The molecule has 78 valence electrons. The van der Waals surface area contributed by atoms with E-state index in [2.05, 4.69) is 0 Å². The van der Waals surface area contributed by atoms with E-state index in [1.807, 2.05) is 13.8 Å². The number of nitrogens with two attached hydrogens (primary N) is 2. The van der Waals surface area contributed by atoms with Gasteiger partial charge < -0.3 is 16.6 Å². The summed E-state index contributed by atoms with van der Waals surface area (Å²) in [5.74, 6) is -0.713. The van der Waals surface area contributed by atoms with Crippen LogP contribution in [0.15, 0.2) is 0 Å². The highest BCUT2D eigenvalue weighted by molar-refractivity contribution is 5.84. The number of primary amides is 1. The van der Waals surface area contributed by atoms with Crippen LogP contribution in [0, 0.1) is 0 Å². The number of carbonyl (C=O) groups is 1. The fraction of sp³-hybridized carbons (Fsp3) is 0.889. The molecule has 0 aromatic carbocycles. The zero-order valence-electron chi connectivity index (χ0n) is 8.42. The Morgan fingerprint density at radius 2 is 2.00 bits per heavy atom. The van der Waals surface area contributed by atoms with Gasteiger partial charge >= 0.3 is 0 Å². The molecule has 1 amide bonds. The molecule has 13 heavy (non-hydrogen) atoms. The van der Waals surface area contributed by atoms with E-state index in [1.165, 1.54) is 0 Å². The second-order valence-corrected chi connectivity index (χ2v) is 3.43. The minimum Gasteiger partial charge on any atom is -0.378 e. The summed E-state index contributed by atoms with van der Waals surface area (Å²) in [6, 6.07) is -0.546. The van der Waals surface area contributed by atoms with Crippen LogP contribution >= 0.6 is 0 Å². The van der Waals surface area contributed by atoms with Gasteiger partial charge in [-0.2, -0.15) is 0 Å². The van der Waals surface area contributed by atoms with Crippen molar-refractivity contribution >= 4 is 5.91 Å². The van der Waals surface area contributed by atoms with Crippen molar-refractivity contribution in [1.82, 2.24) is 0 Å². The van der Waals surface area contributed by atoms with Gasteiger partial charge in [-0.1, -0.05) is 26.7 Å². The Kier molecular flexibility index (Phi) is 4.95. The van der Waals surface area contributed by atoms with Gasteiger partial charge in [-0.25, -0.2) is 0 Å². The number of amides is 1. The fourth-order valence-electron chi connectivity index (χ4n) is 1.42. The highest BCUT2D eigenvalue weighted by Crippen LogP contribution is 2.19. The maximum absolute atomic E-state index is 11.0. The normalized spacial score (nSPS) is 17.8. The Bertz CT molecular complexity index is 173. The maximum atomic E-state index is 11.0. The highest BCUT2D eigenvalue weighted by atomic mass is 16.3. The van der Waals surface area contributed by atoms with Crippen LogP contribution in [-0.4, -0.2) is 22.7 Å². The Labute approximate surface area is 79.3 Å². The van der Waals surface area contributed by atoms with Crippen molar-refractivity contribution in [2.75, 3.05) is 0 Å². The van der Waals surface area contributed by atoms with Crippen molar-refractivity contribution in [3.05, 3.63) is 0 Å². The third-order valence-corrected chi connectivity index (χ3v) is 2.27. The van der Waals surface area contributed by atoms with Crippen LogP contribution in [0.4, 0.5) is 0 Å². The highest BCUT2D eigenvalue weighted by Gasteiger charge is 2.38. The van der Waals surface area contributed by atoms with Gasteiger partial charge in [0.25, 0.3) is 5.91 Å². The maximum Gasteiger partial charge on any atom is 0.251 e. The molecule has 0 aromatic rings. The topological polar surface area (TPSA) is 89.3 Å². The molecule has 0 aliphatic heterocycles. The number of aliphatic hydroxyl groups is 1. The lowest BCUT2D eigenvalue weighted by Gasteiger charge is -2.30. The predicted molar refractivity (Wildman–Crippen MR) is 51.9 cm³/mol. The molecule has 0 rings (SSSR count). The van der Waals surface area contributed by atoms with Crippen LogP contribution in [0.25, 0.3) is 0 Å². The largest absolute Gasteiger partial charge is 0.378 e. The van der Waals surface area contributed by atoms with Crippen molar-refractivity contribution in [1.29, 1.82) is 0 Å². The van der Waals surface area contributed by atoms with E-state index in [-0.39, 0.29) is 0 Å². The molecule has 0 aromatic heterocycles. The van der Waals surface area contributed by atoms with Gasteiger partial charge in [0.15, 0.2) is 5.60 Å². The average molecular weight is 188 g/mol. The molecule has 0 aliphatic carbocycles. The third kappa shape index (κ3) is 2.97. The van der Waals surface area contributed by atoms with E-state index in [0.29, 0.717) is 19.3 Å². The zero-order valence-corrected chi connectivity index (χ0v) is 8.42. The third-order valence-electron chi connectivity index (χ3n) is 2.27. The molecule has 0 radical (unpaired) electrons. The van der Waals surface area contributed by atoms with Crippen molar-refractivity contribution in [2.45, 2.75) is 51.2 Å². The molecular formula is C9H20N2O2. The summed E-state index contributed by atoms with van der Waals surface area (Å²) in [4.78, 5) is 11.0. The van der Waals surface area contributed by atoms with E-state index >= 15 is 0 Å². The first-order valence-corrected chi connectivity index (χ1v) is 4.76. The van der Waals surface area contributed by atoms with Crippen LogP contribution in [0.2, 0.25) is 0 Å². The summed E-state index contributed by atoms with van der Waals surface area (Å²) in [6.45, 7) is 3.83. The van der Waals surface area contributed by atoms with Gasteiger partial charge in [0.1, 0.15) is 0 Å². The molecule has 0 heterocycles. The fourth-order valence-corrected chi connectivity index (χ4v) is 1.42. The van der Waals surface area contributed by atoms with Crippen molar-refractivity contribution in [2.24, 2.45) is 11.5 Å². The van der Waals surface area contributed by atoms with E-state index in [1.54, 1.807) is 0 Å². The lowest BCUT2D eigenvalue weighted by atomic mass is 9.86. The van der Waals surface area contributed by atoms with Crippen LogP contribution in [0.3, 0.4) is 0 Å². The number of hydrogen-bond donors (Lipinski definition) is 3. The summed E-state index contributed by atoms with van der Waals surface area (Å²) < 4.78 is 0. The minimum atomic E-state index is -1.52. The molecule has 0 bridgehead atoms. The molecule has 0 fully saturated rings. The molecule has 2 unspecified atom stereocenters. The summed E-state index contributed by atoms with van der Waals surface area (Å²) in [7, 11) is 0. The van der Waals surface area contributed by atoms with Gasteiger partial charge in [-0.05, 0) is 12.8 Å². The Balaban J connectivity index is 4.47. The van der Waals surface area contributed by atoms with Crippen LogP contribution in [0.5, 0.6) is 0 Å². The van der Waals surface area contributed by atoms with Gasteiger partial charge in [0.2, 0.25) is 0 Å². The van der Waals surface area contributed by atoms with Gasteiger partial charge in [-0.15, -0.1) is 0 Å². The Hall–Kier alpha value is -0.610. The Morgan fingerprint density at radius 3 is 2.31 bits per heavy atom. The second kappa shape index (κ2) is 5.19. The molecule has 0 aliphatic rings. The van der Waals surface area contributed by atoms with Crippen molar-refractivity contribution in [3.8, 4) is 0 Å². The second-order valence-electron chi connectivity index (χ2n) is 3.43. The van der Waals surface area contributed by atoms with E-state index in [9.17, 15) is 9.90 Å². The van der Waals surface area contributed by atoms with E-state index < -0.39 is 17.6 Å². The quantitative estimate of drug-likeness (QED) is 0.553.